The number of nitrogens with one attached hydrogen (secondary N) is 1. The topological polar surface area (TPSA) is 70.6 Å². The molecule has 2 aromatic rings. The van der Waals surface area contributed by atoms with Crippen molar-refractivity contribution >= 4 is 29.1 Å². The van der Waals surface area contributed by atoms with Crippen LogP contribution in [0.2, 0.25) is 5.02 Å². The summed E-state index contributed by atoms with van der Waals surface area (Å²) in [5, 5.41) is 3.57. The Morgan fingerprint density at radius 1 is 1.15 bits per heavy atom. The van der Waals surface area contributed by atoms with Crippen molar-refractivity contribution in [3.05, 3.63) is 41.0 Å². The number of benzene rings is 1. The summed E-state index contributed by atoms with van der Waals surface area (Å²) in [6.07, 6.45) is 1.53. The van der Waals surface area contributed by atoms with Gasteiger partial charge in [0, 0.05) is 49.1 Å². The van der Waals surface area contributed by atoms with Gasteiger partial charge in [0.25, 0.3) is 5.91 Å². The summed E-state index contributed by atoms with van der Waals surface area (Å²) in [6, 6.07) is 7.89. The van der Waals surface area contributed by atoms with Gasteiger partial charge in [0.05, 0.1) is 7.11 Å². The van der Waals surface area contributed by atoms with Crippen molar-refractivity contribution < 1.29 is 9.53 Å². The van der Waals surface area contributed by atoms with E-state index in [1.54, 1.807) is 0 Å². The van der Waals surface area contributed by atoms with Gasteiger partial charge in [0.2, 0.25) is 11.8 Å². The van der Waals surface area contributed by atoms with E-state index in [-0.39, 0.29) is 11.9 Å². The van der Waals surface area contributed by atoms with Gasteiger partial charge in [-0.15, -0.1) is 0 Å². The van der Waals surface area contributed by atoms with Crippen LogP contribution in [0.15, 0.2) is 30.5 Å². The molecule has 1 aromatic carbocycles. The third-order valence-corrected chi connectivity index (χ3v) is 4.61. The molecule has 27 heavy (non-hydrogen) atoms. The minimum absolute atomic E-state index is 0.0304. The third kappa shape index (κ3) is 4.60. The number of carbonyl (C=O) groups excluding carboxylic acids is 1. The van der Waals surface area contributed by atoms with Gasteiger partial charge in [-0.25, -0.2) is 4.98 Å². The van der Waals surface area contributed by atoms with E-state index < -0.39 is 0 Å². The SMILES string of the molecule is COc1nc(N2CCN(c3ccc(Cl)cc3)CC2)ncc1C(=O)NC(C)C. The maximum absolute atomic E-state index is 12.2. The van der Waals surface area contributed by atoms with E-state index in [2.05, 4.69) is 25.1 Å². The molecule has 2 heterocycles. The van der Waals surface area contributed by atoms with Crippen molar-refractivity contribution in [2.75, 3.05) is 43.1 Å². The summed E-state index contributed by atoms with van der Waals surface area (Å²) in [5.74, 6) is 0.628. The summed E-state index contributed by atoms with van der Waals surface area (Å²) >= 11 is 5.96. The van der Waals surface area contributed by atoms with Gasteiger partial charge >= 0.3 is 0 Å². The minimum Gasteiger partial charge on any atom is -0.480 e. The first-order valence-electron chi connectivity index (χ1n) is 8.95. The van der Waals surface area contributed by atoms with Gasteiger partial charge in [-0.3, -0.25) is 4.79 Å². The average molecular weight is 390 g/mol. The molecule has 1 saturated heterocycles. The summed E-state index contributed by atoms with van der Waals surface area (Å²) in [4.78, 5) is 25.5. The zero-order valence-corrected chi connectivity index (χ0v) is 16.5. The summed E-state index contributed by atoms with van der Waals surface area (Å²) < 4.78 is 5.32. The van der Waals surface area contributed by atoms with Crippen LogP contribution in [-0.4, -0.2) is 55.2 Å². The Morgan fingerprint density at radius 3 is 2.37 bits per heavy atom. The number of halogens is 1. The molecule has 8 heteroatoms. The van der Waals surface area contributed by atoms with E-state index in [1.165, 1.54) is 13.3 Å². The zero-order valence-electron chi connectivity index (χ0n) is 15.8. The summed E-state index contributed by atoms with van der Waals surface area (Å²) in [6.45, 7) is 7.07. The van der Waals surface area contributed by atoms with E-state index in [9.17, 15) is 4.79 Å². The molecular formula is C19H24ClN5O2. The molecule has 0 unspecified atom stereocenters. The number of methoxy groups -OCH3 is 1. The van der Waals surface area contributed by atoms with Crippen LogP contribution in [0.25, 0.3) is 0 Å². The van der Waals surface area contributed by atoms with E-state index in [0.717, 1.165) is 36.9 Å². The third-order valence-electron chi connectivity index (χ3n) is 4.35. The van der Waals surface area contributed by atoms with Crippen molar-refractivity contribution in [1.82, 2.24) is 15.3 Å². The Morgan fingerprint density at radius 2 is 1.78 bits per heavy atom. The standard InChI is InChI=1S/C19H24ClN5O2/c1-13(2)22-17(26)16-12-21-19(23-18(16)27-3)25-10-8-24(9-11-25)15-6-4-14(20)5-7-15/h4-7,12-13H,8-11H2,1-3H3,(H,22,26). The lowest BCUT2D eigenvalue weighted by Gasteiger charge is -2.36. The van der Waals surface area contributed by atoms with Crippen LogP contribution in [-0.2, 0) is 0 Å². The molecule has 0 spiro atoms. The largest absolute Gasteiger partial charge is 0.480 e. The number of aromatic nitrogens is 2. The molecule has 0 aliphatic carbocycles. The van der Waals surface area contributed by atoms with Crippen LogP contribution in [0.4, 0.5) is 11.6 Å². The fourth-order valence-electron chi connectivity index (χ4n) is 2.98. The first kappa shape index (κ1) is 19.2. The predicted octanol–water partition coefficient (Wildman–Crippen LogP) is 2.60. The molecule has 0 saturated carbocycles. The Labute approximate surface area is 164 Å². The molecule has 1 aromatic heterocycles. The second-order valence-electron chi connectivity index (χ2n) is 6.67. The first-order chi connectivity index (χ1) is 13.0. The summed E-state index contributed by atoms with van der Waals surface area (Å²) in [7, 11) is 1.51. The van der Waals surface area contributed by atoms with E-state index in [0.29, 0.717) is 17.4 Å². The molecule has 144 valence electrons. The number of piperazine rings is 1. The average Bonchev–Trinajstić information content (AvgIpc) is 2.67. The van der Waals surface area contributed by atoms with Crippen LogP contribution >= 0.6 is 11.6 Å². The lowest BCUT2D eigenvalue weighted by atomic mass is 10.2. The quantitative estimate of drug-likeness (QED) is 0.847. The molecule has 0 bridgehead atoms. The van der Waals surface area contributed by atoms with E-state index >= 15 is 0 Å². The van der Waals surface area contributed by atoms with Crippen molar-refractivity contribution in [2.45, 2.75) is 19.9 Å². The Balaban J connectivity index is 1.69. The van der Waals surface area contributed by atoms with Crippen LogP contribution in [0.1, 0.15) is 24.2 Å². The molecule has 0 radical (unpaired) electrons. The lowest BCUT2D eigenvalue weighted by Crippen LogP contribution is -2.47. The zero-order chi connectivity index (χ0) is 19.4. The Kier molecular flexibility index (Phi) is 6.01. The molecule has 1 amide bonds. The Hall–Kier alpha value is -2.54. The monoisotopic (exact) mass is 389 g/mol. The second-order valence-corrected chi connectivity index (χ2v) is 7.11. The molecule has 1 N–H and O–H groups in total. The van der Waals surface area contributed by atoms with Crippen LogP contribution in [0, 0.1) is 0 Å². The van der Waals surface area contributed by atoms with Gasteiger partial charge in [0.1, 0.15) is 5.56 Å². The minimum atomic E-state index is -0.235. The van der Waals surface area contributed by atoms with E-state index in [1.807, 2.05) is 38.1 Å². The molecule has 1 fully saturated rings. The molecular weight excluding hydrogens is 366 g/mol. The highest BCUT2D eigenvalue weighted by atomic mass is 35.5. The molecule has 1 aliphatic heterocycles. The normalized spacial score (nSPS) is 14.4. The molecule has 1 aliphatic rings. The fraction of sp³-hybridized carbons (Fsp3) is 0.421. The molecule has 7 nitrogen and oxygen atoms in total. The number of rotatable bonds is 5. The summed E-state index contributed by atoms with van der Waals surface area (Å²) in [5.41, 5.74) is 1.49. The Bertz CT molecular complexity index is 789. The number of amides is 1. The number of ether oxygens (including phenoxy) is 1. The highest BCUT2D eigenvalue weighted by Crippen LogP contribution is 2.23. The van der Waals surface area contributed by atoms with Crippen LogP contribution < -0.4 is 19.9 Å². The number of nitrogens with zero attached hydrogens (tertiary/aromatic N) is 4. The fourth-order valence-corrected chi connectivity index (χ4v) is 3.10. The van der Waals surface area contributed by atoms with Crippen molar-refractivity contribution in [3.8, 4) is 5.88 Å². The molecule has 0 atom stereocenters. The molecule has 3 rings (SSSR count). The maximum Gasteiger partial charge on any atom is 0.258 e. The highest BCUT2D eigenvalue weighted by Gasteiger charge is 2.22. The van der Waals surface area contributed by atoms with Gasteiger partial charge in [-0.2, -0.15) is 4.98 Å². The van der Waals surface area contributed by atoms with Crippen LogP contribution in [0.3, 0.4) is 0 Å². The number of hydrogen-bond acceptors (Lipinski definition) is 6. The second kappa shape index (κ2) is 8.43. The number of anilines is 2. The van der Waals surface area contributed by atoms with Crippen LogP contribution in [0.5, 0.6) is 5.88 Å². The smallest absolute Gasteiger partial charge is 0.258 e. The van der Waals surface area contributed by atoms with Gasteiger partial charge in [-0.05, 0) is 38.1 Å². The van der Waals surface area contributed by atoms with Gasteiger partial charge in [0.15, 0.2) is 0 Å². The lowest BCUT2D eigenvalue weighted by molar-refractivity contribution is 0.0939. The highest BCUT2D eigenvalue weighted by molar-refractivity contribution is 6.30. The van der Waals surface area contributed by atoms with E-state index in [4.69, 9.17) is 16.3 Å². The maximum atomic E-state index is 12.2. The van der Waals surface area contributed by atoms with Crippen molar-refractivity contribution in [3.63, 3.8) is 0 Å². The predicted molar refractivity (Wildman–Crippen MR) is 107 cm³/mol. The first-order valence-corrected chi connectivity index (χ1v) is 9.33. The van der Waals surface area contributed by atoms with Gasteiger partial charge < -0.3 is 19.9 Å². The van der Waals surface area contributed by atoms with Gasteiger partial charge in [-0.1, -0.05) is 11.6 Å². The number of hydrogen-bond donors (Lipinski definition) is 1. The number of carbonyl (C=O) groups is 1. The van der Waals surface area contributed by atoms with Crippen molar-refractivity contribution in [1.29, 1.82) is 0 Å². The van der Waals surface area contributed by atoms with Crippen molar-refractivity contribution in [2.24, 2.45) is 0 Å².